The lowest BCUT2D eigenvalue weighted by Gasteiger charge is -2.43. The maximum atomic E-state index is 9.88. The molecular formula is C14H19ClN2O. The highest BCUT2D eigenvalue weighted by molar-refractivity contribution is 6.30. The first kappa shape index (κ1) is 12.3. The molecule has 3 rings (SSSR count). The lowest BCUT2D eigenvalue weighted by molar-refractivity contribution is 0.112. The summed E-state index contributed by atoms with van der Waals surface area (Å²) in [5.74, 6) is 0.537. The highest BCUT2D eigenvalue weighted by Crippen LogP contribution is 2.38. The topological polar surface area (TPSA) is 35.5 Å². The summed E-state index contributed by atoms with van der Waals surface area (Å²) in [5.41, 5.74) is 0.842. The lowest BCUT2D eigenvalue weighted by Crippen LogP contribution is -2.54. The molecule has 0 spiro atoms. The number of rotatable bonds is 3. The van der Waals surface area contributed by atoms with Gasteiger partial charge in [0.2, 0.25) is 0 Å². The number of piperidine rings is 1. The number of fused-ring (bicyclic) bond motifs is 2. The summed E-state index contributed by atoms with van der Waals surface area (Å²) in [6.07, 6.45) is 2.18. The van der Waals surface area contributed by atoms with Crippen LogP contribution in [0.25, 0.3) is 0 Å². The van der Waals surface area contributed by atoms with E-state index in [-0.39, 0.29) is 12.1 Å². The van der Waals surface area contributed by atoms with Crippen LogP contribution in [-0.2, 0) is 0 Å². The van der Waals surface area contributed by atoms with E-state index in [2.05, 4.69) is 10.2 Å². The largest absolute Gasteiger partial charge is 0.394 e. The molecule has 2 saturated heterocycles. The molecule has 2 bridgehead atoms. The first-order valence-corrected chi connectivity index (χ1v) is 6.97. The third-order valence-corrected chi connectivity index (χ3v) is 4.66. The molecule has 2 aliphatic rings. The van der Waals surface area contributed by atoms with Crippen molar-refractivity contribution < 1.29 is 5.11 Å². The van der Waals surface area contributed by atoms with Crippen LogP contribution in [-0.4, -0.2) is 41.8 Å². The summed E-state index contributed by atoms with van der Waals surface area (Å²) in [6, 6.07) is 7.76. The van der Waals surface area contributed by atoms with Crippen molar-refractivity contribution >= 4 is 17.3 Å². The molecule has 2 fully saturated rings. The van der Waals surface area contributed by atoms with E-state index >= 15 is 0 Å². The zero-order valence-electron chi connectivity index (χ0n) is 10.4. The quantitative estimate of drug-likeness (QED) is 0.881. The van der Waals surface area contributed by atoms with Gasteiger partial charge in [0.25, 0.3) is 0 Å². The molecule has 0 aromatic heterocycles. The van der Waals surface area contributed by atoms with Crippen LogP contribution >= 0.6 is 11.6 Å². The Morgan fingerprint density at radius 3 is 3.11 bits per heavy atom. The molecule has 1 aromatic carbocycles. The Labute approximate surface area is 113 Å². The van der Waals surface area contributed by atoms with Gasteiger partial charge in [-0.3, -0.25) is 0 Å². The van der Waals surface area contributed by atoms with Gasteiger partial charge in [-0.25, -0.2) is 0 Å². The van der Waals surface area contributed by atoms with Crippen molar-refractivity contribution in [1.82, 2.24) is 4.90 Å². The SMILES string of the molecule is OCC1(Nc2cccc(Cl)c2)CCN2CCC1C2. The molecule has 2 N–H and O–H groups in total. The molecule has 3 atom stereocenters. The summed E-state index contributed by atoms with van der Waals surface area (Å²) < 4.78 is 0. The Hall–Kier alpha value is -0.770. The van der Waals surface area contributed by atoms with Crippen LogP contribution in [0, 0.1) is 5.92 Å². The van der Waals surface area contributed by atoms with E-state index in [4.69, 9.17) is 11.6 Å². The number of halogens is 1. The van der Waals surface area contributed by atoms with Gasteiger partial charge >= 0.3 is 0 Å². The summed E-state index contributed by atoms with van der Waals surface area (Å²) in [4.78, 5) is 2.48. The van der Waals surface area contributed by atoms with Crippen LogP contribution in [0.4, 0.5) is 5.69 Å². The average Bonchev–Trinajstić information content (AvgIpc) is 2.78. The number of hydrogen-bond acceptors (Lipinski definition) is 3. The predicted molar refractivity (Wildman–Crippen MR) is 74.1 cm³/mol. The molecule has 0 saturated carbocycles. The minimum Gasteiger partial charge on any atom is -0.394 e. The van der Waals surface area contributed by atoms with Gasteiger partial charge in [0, 0.05) is 23.8 Å². The molecule has 4 heteroatoms. The third-order valence-electron chi connectivity index (χ3n) is 4.43. The fourth-order valence-electron chi connectivity index (χ4n) is 3.31. The predicted octanol–water partition coefficient (Wildman–Crippen LogP) is 2.21. The minimum atomic E-state index is -0.169. The van der Waals surface area contributed by atoms with Gasteiger partial charge in [0.05, 0.1) is 12.1 Å². The second-order valence-electron chi connectivity index (χ2n) is 5.49. The number of anilines is 1. The molecule has 18 heavy (non-hydrogen) atoms. The monoisotopic (exact) mass is 266 g/mol. The highest BCUT2D eigenvalue weighted by Gasteiger charge is 2.45. The van der Waals surface area contributed by atoms with Crippen molar-refractivity contribution in [3.8, 4) is 0 Å². The number of nitrogens with one attached hydrogen (secondary N) is 1. The standard InChI is InChI=1S/C14H19ClN2O/c15-12-2-1-3-13(8-12)16-14(10-18)5-7-17-6-4-11(14)9-17/h1-3,8,11,16,18H,4-7,9-10H2. The maximum Gasteiger partial charge on any atom is 0.0665 e. The smallest absolute Gasteiger partial charge is 0.0665 e. The van der Waals surface area contributed by atoms with Gasteiger partial charge in [-0.1, -0.05) is 17.7 Å². The Bertz CT molecular complexity index is 440. The molecule has 3 nitrogen and oxygen atoms in total. The van der Waals surface area contributed by atoms with Crippen LogP contribution in [0.1, 0.15) is 12.8 Å². The van der Waals surface area contributed by atoms with Crippen molar-refractivity contribution in [2.24, 2.45) is 5.92 Å². The van der Waals surface area contributed by atoms with E-state index in [1.165, 1.54) is 13.0 Å². The van der Waals surface area contributed by atoms with Crippen LogP contribution in [0.15, 0.2) is 24.3 Å². The lowest BCUT2D eigenvalue weighted by atomic mass is 9.79. The molecule has 1 aromatic rings. The van der Waals surface area contributed by atoms with E-state index in [1.807, 2.05) is 24.3 Å². The van der Waals surface area contributed by atoms with E-state index in [9.17, 15) is 5.11 Å². The van der Waals surface area contributed by atoms with E-state index in [0.29, 0.717) is 5.92 Å². The Balaban J connectivity index is 1.83. The zero-order valence-corrected chi connectivity index (χ0v) is 11.2. The molecule has 0 amide bonds. The van der Waals surface area contributed by atoms with Crippen LogP contribution in [0.5, 0.6) is 0 Å². The highest BCUT2D eigenvalue weighted by atomic mass is 35.5. The minimum absolute atomic E-state index is 0.169. The van der Waals surface area contributed by atoms with Gasteiger partial charge in [-0.15, -0.1) is 0 Å². The molecule has 2 aliphatic heterocycles. The third kappa shape index (κ3) is 2.11. The maximum absolute atomic E-state index is 9.88. The first-order valence-electron chi connectivity index (χ1n) is 6.59. The summed E-state index contributed by atoms with van der Waals surface area (Å²) in [6.45, 7) is 3.54. The van der Waals surface area contributed by atoms with Crippen molar-refractivity contribution in [3.63, 3.8) is 0 Å². The zero-order chi connectivity index (χ0) is 12.6. The number of hydrogen-bond donors (Lipinski definition) is 2. The average molecular weight is 267 g/mol. The van der Waals surface area contributed by atoms with E-state index in [0.717, 1.165) is 30.2 Å². The van der Waals surface area contributed by atoms with E-state index in [1.54, 1.807) is 0 Å². The molecule has 98 valence electrons. The first-order chi connectivity index (χ1) is 8.72. The van der Waals surface area contributed by atoms with Gasteiger partial charge in [-0.05, 0) is 43.5 Å². The van der Waals surface area contributed by atoms with Gasteiger partial charge in [0.15, 0.2) is 0 Å². The number of benzene rings is 1. The van der Waals surface area contributed by atoms with Crippen molar-refractivity contribution in [2.45, 2.75) is 18.4 Å². The number of nitrogens with zero attached hydrogens (tertiary/aromatic N) is 1. The molecule has 0 radical (unpaired) electrons. The Kier molecular flexibility index (Phi) is 3.22. The number of aliphatic hydroxyl groups is 1. The van der Waals surface area contributed by atoms with Gasteiger partial charge < -0.3 is 15.3 Å². The van der Waals surface area contributed by atoms with Crippen LogP contribution < -0.4 is 5.32 Å². The second-order valence-corrected chi connectivity index (χ2v) is 5.92. The van der Waals surface area contributed by atoms with Gasteiger partial charge in [-0.2, -0.15) is 0 Å². The summed E-state index contributed by atoms with van der Waals surface area (Å²) in [5, 5.41) is 14.2. The van der Waals surface area contributed by atoms with E-state index < -0.39 is 0 Å². The summed E-state index contributed by atoms with van der Waals surface area (Å²) in [7, 11) is 0. The molecule has 0 aliphatic carbocycles. The molecule has 3 unspecified atom stereocenters. The molecule has 2 heterocycles. The number of aliphatic hydroxyl groups excluding tert-OH is 1. The van der Waals surface area contributed by atoms with Gasteiger partial charge in [0.1, 0.15) is 0 Å². The van der Waals surface area contributed by atoms with Crippen LogP contribution in [0.3, 0.4) is 0 Å². The fraction of sp³-hybridized carbons (Fsp3) is 0.571. The Morgan fingerprint density at radius 2 is 2.33 bits per heavy atom. The summed E-state index contributed by atoms with van der Waals surface area (Å²) >= 11 is 6.02. The van der Waals surface area contributed by atoms with Crippen LogP contribution in [0.2, 0.25) is 5.02 Å². The fourth-order valence-corrected chi connectivity index (χ4v) is 3.50. The van der Waals surface area contributed by atoms with Crippen molar-refractivity contribution in [2.75, 3.05) is 31.6 Å². The Morgan fingerprint density at radius 1 is 1.44 bits per heavy atom. The second kappa shape index (κ2) is 4.72. The van der Waals surface area contributed by atoms with Crippen molar-refractivity contribution in [1.29, 1.82) is 0 Å². The normalized spacial score (nSPS) is 34.6. The van der Waals surface area contributed by atoms with Crippen molar-refractivity contribution in [3.05, 3.63) is 29.3 Å². The molecular weight excluding hydrogens is 248 g/mol.